The number of benzene rings is 1. The van der Waals surface area contributed by atoms with E-state index in [1.807, 2.05) is 35.2 Å². The molecule has 30 heavy (non-hydrogen) atoms. The van der Waals surface area contributed by atoms with Crippen LogP contribution in [0.1, 0.15) is 48.2 Å². The van der Waals surface area contributed by atoms with Gasteiger partial charge in [0.2, 0.25) is 11.8 Å². The standard InChI is InChI=1S/C23H29N3O4/c27-21-12-5-2-6-14-26(21)15-8-13-24-22(28)19(17-18-9-3-1-4-10-18)25-23(29)20-11-7-16-30-20/h1,3-4,7,9-11,16,19H,2,5-6,8,12-15,17H2,(H,24,28)(H,25,29). The number of rotatable bonds is 9. The third-order valence-corrected chi connectivity index (χ3v) is 5.22. The molecule has 1 unspecified atom stereocenters. The number of carbonyl (C=O) groups excluding carboxylic acids is 3. The molecule has 1 aromatic heterocycles. The van der Waals surface area contributed by atoms with E-state index in [4.69, 9.17) is 4.42 Å². The third-order valence-electron chi connectivity index (χ3n) is 5.22. The Hall–Kier alpha value is -3.09. The maximum absolute atomic E-state index is 12.8. The summed E-state index contributed by atoms with van der Waals surface area (Å²) in [6, 6.07) is 12.0. The highest BCUT2D eigenvalue weighted by atomic mass is 16.3. The van der Waals surface area contributed by atoms with Gasteiger partial charge in [0, 0.05) is 32.5 Å². The lowest BCUT2D eigenvalue weighted by Crippen LogP contribution is -2.48. The predicted molar refractivity (Wildman–Crippen MR) is 113 cm³/mol. The van der Waals surface area contributed by atoms with Crippen molar-refractivity contribution in [1.82, 2.24) is 15.5 Å². The molecule has 160 valence electrons. The SMILES string of the molecule is O=C(NC(Cc1ccccc1)C(=O)NCCCN1CCCCCC1=O)c1ccco1. The number of nitrogens with zero attached hydrogens (tertiary/aromatic N) is 1. The summed E-state index contributed by atoms with van der Waals surface area (Å²) in [5.74, 6) is -0.306. The molecular weight excluding hydrogens is 382 g/mol. The summed E-state index contributed by atoms with van der Waals surface area (Å²) in [5, 5.41) is 5.67. The number of furan rings is 1. The van der Waals surface area contributed by atoms with Gasteiger partial charge in [-0.25, -0.2) is 0 Å². The number of nitrogens with one attached hydrogen (secondary N) is 2. The van der Waals surface area contributed by atoms with Crippen molar-refractivity contribution >= 4 is 17.7 Å². The Morgan fingerprint density at radius 3 is 2.67 bits per heavy atom. The van der Waals surface area contributed by atoms with Crippen molar-refractivity contribution in [3.63, 3.8) is 0 Å². The molecule has 2 N–H and O–H groups in total. The Labute approximate surface area is 176 Å². The molecule has 0 spiro atoms. The Bertz CT molecular complexity index is 820. The van der Waals surface area contributed by atoms with E-state index in [9.17, 15) is 14.4 Å². The molecule has 1 aliphatic heterocycles. The number of hydrogen-bond donors (Lipinski definition) is 2. The second-order valence-electron chi connectivity index (χ2n) is 7.53. The van der Waals surface area contributed by atoms with Crippen LogP contribution in [-0.2, 0) is 16.0 Å². The molecule has 0 saturated carbocycles. The van der Waals surface area contributed by atoms with Crippen LogP contribution in [0.15, 0.2) is 53.1 Å². The van der Waals surface area contributed by atoms with Crippen molar-refractivity contribution in [3.8, 4) is 0 Å². The predicted octanol–water partition coefficient (Wildman–Crippen LogP) is 2.53. The van der Waals surface area contributed by atoms with E-state index in [2.05, 4.69) is 10.6 Å². The molecule has 1 aliphatic rings. The fourth-order valence-corrected chi connectivity index (χ4v) is 3.58. The van der Waals surface area contributed by atoms with E-state index >= 15 is 0 Å². The Kier molecular flexibility index (Phi) is 8.06. The lowest BCUT2D eigenvalue weighted by atomic mass is 10.0. The molecule has 0 aliphatic carbocycles. The molecule has 1 fully saturated rings. The minimum Gasteiger partial charge on any atom is -0.459 e. The van der Waals surface area contributed by atoms with Gasteiger partial charge in [0.15, 0.2) is 5.76 Å². The van der Waals surface area contributed by atoms with Crippen molar-refractivity contribution in [2.75, 3.05) is 19.6 Å². The molecule has 1 saturated heterocycles. The fraction of sp³-hybridized carbons (Fsp3) is 0.435. The van der Waals surface area contributed by atoms with Crippen LogP contribution in [-0.4, -0.2) is 48.3 Å². The Morgan fingerprint density at radius 1 is 1.07 bits per heavy atom. The van der Waals surface area contributed by atoms with Crippen LogP contribution in [0.3, 0.4) is 0 Å². The van der Waals surface area contributed by atoms with E-state index < -0.39 is 11.9 Å². The van der Waals surface area contributed by atoms with Crippen molar-refractivity contribution in [2.45, 2.75) is 44.6 Å². The number of hydrogen-bond acceptors (Lipinski definition) is 4. The first-order chi connectivity index (χ1) is 14.6. The smallest absolute Gasteiger partial charge is 0.287 e. The second kappa shape index (κ2) is 11.2. The van der Waals surface area contributed by atoms with Crippen LogP contribution < -0.4 is 10.6 Å². The van der Waals surface area contributed by atoms with Gasteiger partial charge in [-0.05, 0) is 37.0 Å². The van der Waals surface area contributed by atoms with Crippen LogP contribution in [0.2, 0.25) is 0 Å². The van der Waals surface area contributed by atoms with E-state index in [1.54, 1.807) is 12.1 Å². The van der Waals surface area contributed by atoms with Crippen molar-refractivity contribution in [3.05, 3.63) is 60.1 Å². The van der Waals surface area contributed by atoms with Crippen LogP contribution in [0, 0.1) is 0 Å². The number of carbonyl (C=O) groups is 3. The molecule has 7 nitrogen and oxygen atoms in total. The quantitative estimate of drug-likeness (QED) is 0.621. The van der Waals surface area contributed by atoms with E-state index in [1.165, 1.54) is 6.26 Å². The first-order valence-electron chi connectivity index (χ1n) is 10.6. The van der Waals surface area contributed by atoms with E-state index in [-0.39, 0.29) is 17.6 Å². The lowest BCUT2D eigenvalue weighted by Gasteiger charge is -2.21. The highest BCUT2D eigenvalue weighted by Crippen LogP contribution is 2.11. The zero-order valence-corrected chi connectivity index (χ0v) is 17.1. The molecule has 3 rings (SSSR count). The van der Waals surface area contributed by atoms with Gasteiger partial charge >= 0.3 is 0 Å². The molecule has 2 aromatic rings. The summed E-state index contributed by atoms with van der Waals surface area (Å²) in [7, 11) is 0. The average Bonchev–Trinajstić information content (AvgIpc) is 3.22. The van der Waals surface area contributed by atoms with Crippen LogP contribution in [0.25, 0.3) is 0 Å². The maximum atomic E-state index is 12.8. The largest absolute Gasteiger partial charge is 0.459 e. The average molecular weight is 412 g/mol. The van der Waals surface area contributed by atoms with Gasteiger partial charge in [0.25, 0.3) is 5.91 Å². The number of likely N-dealkylation sites (tertiary alicyclic amines) is 1. The minimum atomic E-state index is -0.718. The highest BCUT2D eigenvalue weighted by molar-refractivity contribution is 5.95. The summed E-state index contributed by atoms with van der Waals surface area (Å²) in [4.78, 5) is 39.1. The summed E-state index contributed by atoms with van der Waals surface area (Å²) in [6.07, 6.45) is 6.19. The summed E-state index contributed by atoms with van der Waals surface area (Å²) < 4.78 is 5.13. The van der Waals surface area contributed by atoms with Crippen LogP contribution >= 0.6 is 0 Å². The topological polar surface area (TPSA) is 91.7 Å². The first kappa shape index (κ1) is 21.6. The fourth-order valence-electron chi connectivity index (χ4n) is 3.58. The maximum Gasteiger partial charge on any atom is 0.287 e. The van der Waals surface area contributed by atoms with Crippen molar-refractivity contribution in [2.24, 2.45) is 0 Å². The van der Waals surface area contributed by atoms with E-state index in [0.717, 1.165) is 31.4 Å². The van der Waals surface area contributed by atoms with Gasteiger partial charge in [0.1, 0.15) is 6.04 Å². The van der Waals surface area contributed by atoms with Gasteiger partial charge in [-0.15, -0.1) is 0 Å². The van der Waals surface area contributed by atoms with E-state index in [0.29, 0.717) is 32.4 Å². The number of amides is 3. The van der Waals surface area contributed by atoms with Gasteiger partial charge in [-0.1, -0.05) is 36.8 Å². The third kappa shape index (κ3) is 6.47. The van der Waals surface area contributed by atoms with Crippen LogP contribution in [0.5, 0.6) is 0 Å². The normalized spacial score (nSPS) is 15.3. The zero-order chi connectivity index (χ0) is 21.2. The molecule has 1 aromatic carbocycles. The lowest BCUT2D eigenvalue weighted by molar-refractivity contribution is -0.130. The van der Waals surface area contributed by atoms with Crippen molar-refractivity contribution in [1.29, 1.82) is 0 Å². The second-order valence-corrected chi connectivity index (χ2v) is 7.53. The summed E-state index contributed by atoms with van der Waals surface area (Å²) in [5.41, 5.74) is 0.951. The van der Waals surface area contributed by atoms with Gasteiger partial charge < -0.3 is 20.0 Å². The van der Waals surface area contributed by atoms with Gasteiger partial charge in [-0.3, -0.25) is 14.4 Å². The monoisotopic (exact) mass is 411 g/mol. The highest BCUT2D eigenvalue weighted by Gasteiger charge is 2.23. The Balaban J connectivity index is 1.53. The molecule has 7 heteroatoms. The van der Waals surface area contributed by atoms with Crippen molar-refractivity contribution < 1.29 is 18.8 Å². The first-order valence-corrected chi connectivity index (χ1v) is 10.6. The summed E-state index contributed by atoms with van der Waals surface area (Å²) >= 11 is 0. The molecular formula is C23H29N3O4. The molecule has 0 bridgehead atoms. The molecule has 3 amide bonds. The molecule has 2 heterocycles. The minimum absolute atomic E-state index is 0.167. The summed E-state index contributed by atoms with van der Waals surface area (Å²) in [6.45, 7) is 1.88. The van der Waals surface area contributed by atoms with Gasteiger partial charge in [0.05, 0.1) is 6.26 Å². The zero-order valence-electron chi connectivity index (χ0n) is 17.1. The van der Waals surface area contributed by atoms with Gasteiger partial charge in [-0.2, -0.15) is 0 Å². The Morgan fingerprint density at radius 2 is 1.90 bits per heavy atom. The molecule has 1 atom stereocenters. The van der Waals surface area contributed by atoms with Crippen LogP contribution in [0.4, 0.5) is 0 Å². The molecule has 0 radical (unpaired) electrons.